The Morgan fingerprint density at radius 3 is 2.88 bits per heavy atom. The lowest BCUT2D eigenvalue weighted by Gasteiger charge is -2.22. The topological polar surface area (TPSA) is 100 Å². The van der Waals surface area contributed by atoms with Gasteiger partial charge in [0.1, 0.15) is 10.5 Å². The van der Waals surface area contributed by atoms with Crippen molar-refractivity contribution in [2.75, 3.05) is 6.54 Å². The SMILES string of the molecule is NC(=O)CN[C@@H]1c2ccccc2CC1NC(=O)c1cc2cc(Cl)sc2[nH]1. The van der Waals surface area contributed by atoms with Gasteiger partial charge in [-0.2, -0.15) is 0 Å². The fourth-order valence-electron chi connectivity index (χ4n) is 3.45. The van der Waals surface area contributed by atoms with E-state index >= 15 is 0 Å². The molecular formula is C18H17ClN4O2S. The van der Waals surface area contributed by atoms with Gasteiger partial charge in [0.15, 0.2) is 0 Å². The van der Waals surface area contributed by atoms with Crippen molar-refractivity contribution in [1.29, 1.82) is 0 Å². The van der Waals surface area contributed by atoms with Crippen LogP contribution in [-0.4, -0.2) is 29.4 Å². The lowest BCUT2D eigenvalue weighted by Crippen LogP contribution is -2.44. The van der Waals surface area contributed by atoms with Gasteiger partial charge in [-0.25, -0.2) is 0 Å². The number of benzene rings is 1. The van der Waals surface area contributed by atoms with Crippen molar-refractivity contribution in [1.82, 2.24) is 15.6 Å². The number of nitrogens with two attached hydrogens (primary N) is 1. The van der Waals surface area contributed by atoms with E-state index in [4.69, 9.17) is 17.3 Å². The predicted molar refractivity (Wildman–Crippen MR) is 103 cm³/mol. The second kappa shape index (κ2) is 6.75. The number of halogens is 1. The van der Waals surface area contributed by atoms with Crippen LogP contribution in [0.4, 0.5) is 0 Å². The maximum absolute atomic E-state index is 12.7. The largest absolute Gasteiger partial charge is 0.369 e. The molecule has 2 atom stereocenters. The molecule has 6 nitrogen and oxygen atoms in total. The van der Waals surface area contributed by atoms with Gasteiger partial charge < -0.3 is 16.0 Å². The van der Waals surface area contributed by atoms with Crippen molar-refractivity contribution in [3.05, 3.63) is 57.6 Å². The monoisotopic (exact) mass is 388 g/mol. The quantitative estimate of drug-likeness (QED) is 0.539. The molecule has 0 spiro atoms. The zero-order valence-corrected chi connectivity index (χ0v) is 15.3. The van der Waals surface area contributed by atoms with Crippen LogP contribution in [-0.2, 0) is 11.2 Å². The van der Waals surface area contributed by atoms with E-state index in [0.29, 0.717) is 16.5 Å². The first-order valence-corrected chi connectivity index (χ1v) is 9.39. The molecule has 0 fully saturated rings. The van der Waals surface area contributed by atoms with Crippen LogP contribution >= 0.6 is 22.9 Å². The minimum absolute atomic E-state index is 0.0576. The molecule has 4 rings (SSSR count). The van der Waals surface area contributed by atoms with Crippen molar-refractivity contribution in [2.45, 2.75) is 18.5 Å². The maximum Gasteiger partial charge on any atom is 0.268 e. The molecular weight excluding hydrogens is 372 g/mol. The third-order valence-electron chi connectivity index (χ3n) is 4.57. The molecule has 8 heteroatoms. The molecule has 1 aliphatic carbocycles. The molecule has 1 unspecified atom stereocenters. The van der Waals surface area contributed by atoms with E-state index in [1.165, 1.54) is 11.3 Å². The van der Waals surface area contributed by atoms with Crippen LogP contribution in [0, 0.1) is 0 Å². The molecule has 3 aromatic rings. The summed E-state index contributed by atoms with van der Waals surface area (Å²) in [5, 5.41) is 7.15. The van der Waals surface area contributed by atoms with Gasteiger partial charge in [0, 0.05) is 5.39 Å². The maximum atomic E-state index is 12.7. The Kier molecular flexibility index (Phi) is 4.44. The zero-order valence-electron chi connectivity index (χ0n) is 13.7. The number of fused-ring (bicyclic) bond motifs is 2. The number of hydrogen-bond donors (Lipinski definition) is 4. The average molecular weight is 389 g/mol. The van der Waals surface area contributed by atoms with Crippen LogP contribution in [0.15, 0.2) is 36.4 Å². The van der Waals surface area contributed by atoms with Gasteiger partial charge in [-0.1, -0.05) is 35.9 Å². The van der Waals surface area contributed by atoms with E-state index < -0.39 is 5.91 Å². The number of H-pyrrole nitrogens is 1. The van der Waals surface area contributed by atoms with Gasteiger partial charge in [0.25, 0.3) is 5.91 Å². The first kappa shape index (κ1) is 17.1. The number of primary amides is 1. The standard InChI is InChI=1S/C18H17ClN4O2S/c19-14-7-10-6-13(23-18(10)26-14)17(25)22-12-5-9-3-1-2-4-11(9)16(12)21-8-15(20)24/h1-4,6-7,12,16,21,23H,5,8H2,(H2,20,24)(H,22,25)/t12?,16-/m1/s1. The average Bonchev–Trinajstić information content (AvgIpc) is 3.23. The lowest BCUT2D eigenvalue weighted by molar-refractivity contribution is -0.117. The lowest BCUT2D eigenvalue weighted by atomic mass is 10.1. The summed E-state index contributed by atoms with van der Waals surface area (Å²) >= 11 is 7.38. The smallest absolute Gasteiger partial charge is 0.268 e. The highest BCUT2D eigenvalue weighted by Crippen LogP contribution is 2.32. The Balaban J connectivity index is 1.54. The molecule has 2 heterocycles. The summed E-state index contributed by atoms with van der Waals surface area (Å²) in [6.07, 6.45) is 0.694. The number of carbonyl (C=O) groups excluding carboxylic acids is 2. The van der Waals surface area contributed by atoms with E-state index in [1.54, 1.807) is 6.07 Å². The minimum Gasteiger partial charge on any atom is -0.369 e. The first-order valence-electron chi connectivity index (χ1n) is 8.19. The highest BCUT2D eigenvalue weighted by molar-refractivity contribution is 7.22. The van der Waals surface area contributed by atoms with Crippen LogP contribution in [0.5, 0.6) is 0 Å². The Bertz CT molecular complexity index is 965. The molecule has 1 aliphatic rings. The predicted octanol–water partition coefficient (Wildman–Crippen LogP) is 2.35. The molecule has 5 N–H and O–H groups in total. The van der Waals surface area contributed by atoms with Crippen LogP contribution < -0.4 is 16.4 Å². The van der Waals surface area contributed by atoms with Crippen molar-refractivity contribution in [3.63, 3.8) is 0 Å². The molecule has 2 aromatic heterocycles. The van der Waals surface area contributed by atoms with Gasteiger partial charge >= 0.3 is 0 Å². The third kappa shape index (κ3) is 3.21. The Labute approximate surface area is 158 Å². The van der Waals surface area contributed by atoms with Crippen LogP contribution in [0.3, 0.4) is 0 Å². The van der Waals surface area contributed by atoms with E-state index in [1.807, 2.05) is 30.3 Å². The highest BCUT2D eigenvalue weighted by Gasteiger charge is 2.33. The summed E-state index contributed by atoms with van der Waals surface area (Å²) in [4.78, 5) is 27.8. The molecule has 0 aliphatic heterocycles. The normalized spacial score (nSPS) is 18.8. The van der Waals surface area contributed by atoms with E-state index in [9.17, 15) is 9.59 Å². The molecule has 0 radical (unpaired) electrons. The third-order valence-corrected chi connectivity index (χ3v) is 5.76. The first-order chi connectivity index (χ1) is 12.5. The molecule has 2 amide bonds. The molecule has 0 bridgehead atoms. The van der Waals surface area contributed by atoms with Gasteiger partial charge in [0.05, 0.1) is 23.0 Å². The fourth-order valence-corrected chi connectivity index (χ4v) is 4.58. The number of aromatic amines is 1. The van der Waals surface area contributed by atoms with Gasteiger partial charge in [0.2, 0.25) is 5.91 Å². The Hall–Kier alpha value is -2.35. The van der Waals surface area contributed by atoms with E-state index in [0.717, 1.165) is 21.3 Å². The second-order valence-corrected chi connectivity index (χ2v) is 8.01. The summed E-state index contributed by atoms with van der Waals surface area (Å²) in [6.45, 7) is 0.0576. The highest BCUT2D eigenvalue weighted by atomic mass is 35.5. The molecule has 0 saturated carbocycles. The Morgan fingerprint density at radius 1 is 1.31 bits per heavy atom. The summed E-state index contributed by atoms with van der Waals surface area (Å²) in [5.74, 6) is -0.617. The van der Waals surface area contributed by atoms with Crippen molar-refractivity contribution < 1.29 is 9.59 Å². The van der Waals surface area contributed by atoms with Gasteiger partial charge in [-0.05, 0) is 29.7 Å². The molecule has 134 valence electrons. The second-order valence-electron chi connectivity index (χ2n) is 6.33. The Morgan fingerprint density at radius 2 is 2.12 bits per heavy atom. The summed E-state index contributed by atoms with van der Waals surface area (Å²) < 4.78 is 0.681. The van der Waals surface area contributed by atoms with Gasteiger partial charge in [-0.3, -0.25) is 14.9 Å². The number of rotatable bonds is 5. The fraction of sp³-hybridized carbons (Fsp3) is 0.222. The zero-order chi connectivity index (χ0) is 18.3. The van der Waals surface area contributed by atoms with E-state index in [-0.39, 0.29) is 24.5 Å². The summed E-state index contributed by atoms with van der Waals surface area (Å²) in [6, 6.07) is 11.3. The number of nitrogens with one attached hydrogen (secondary N) is 3. The van der Waals surface area contributed by atoms with Crippen LogP contribution in [0.2, 0.25) is 4.34 Å². The van der Waals surface area contributed by atoms with Crippen molar-refractivity contribution >= 4 is 45.0 Å². The number of amides is 2. The van der Waals surface area contributed by atoms with Crippen molar-refractivity contribution in [2.24, 2.45) is 5.73 Å². The summed E-state index contributed by atoms with van der Waals surface area (Å²) in [5.41, 5.74) is 8.00. The number of hydrogen-bond acceptors (Lipinski definition) is 4. The van der Waals surface area contributed by atoms with Gasteiger partial charge in [-0.15, -0.1) is 11.3 Å². The summed E-state index contributed by atoms with van der Waals surface area (Å²) in [7, 11) is 0. The minimum atomic E-state index is -0.430. The number of thiophene rings is 1. The van der Waals surface area contributed by atoms with E-state index in [2.05, 4.69) is 15.6 Å². The molecule has 26 heavy (non-hydrogen) atoms. The number of carbonyl (C=O) groups is 2. The van der Waals surface area contributed by atoms with Crippen LogP contribution in [0.1, 0.15) is 27.7 Å². The number of aromatic nitrogens is 1. The molecule has 0 saturated heterocycles. The van der Waals surface area contributed by atoms with Crippen molar-refractivity contribution in [3.8, 4) is 0 Å². The van der Waals surface area contributed by atoms with Crippen LogP contribution in [0.25, 0.3) is 10.2 Å². The molecule has 1 aromatic carbocycles.